The summed E-state index contributed by atoms with van der Waals surface area (Å²) in [4.78, 5) is 11.7. The molecular weight excluding hydrogens is 222 g/mol. The van der Waals surface area contributed by atoms with E-state index in [1.165, 1.54) is 0 Å². The van der Waals surface area contributed by atoms with Crippen molar-refractivity contribution in [2.75, 3.05) is 6.61 Å². The number of aromatic amines is 1. The maximum absolute atomic E-state index is 11.7. The second-order valence-electron chi connectivity index (χ2n) is 4.76. The van der Waals surface area contributed by atoms with E-state index < -0.39 is 0 Å². The predicted octanol–water partition coefficient (Wildman–Crippen LogP) is 0.133. The Morgan fingerprint density at radius 2 is 2.41 bits per heavy atom. The molecule has 7 heteroatoms. The highest BCUT2D eigenvalue weighted by Crippen LogP contribution is 2.42. The van der Waals surface area contributed by atoms with Crippen molar-refractivity contribution in [1.82, 2.24) is 25.9 Å². The van der Waals surface area contributed by atoms with E-state index in [4.69, 9.17) is 4.74 Å². The minimum atomic E-state index is -0.299. The van der Waals surface area contributed by atoms with Gasteiger partial charge in [-0.2, -0.15) is 5.21 Å². The third kappa shape index (κ3) is 2.14. The third-order valence-corrected chi connectivity index (χ3v) is 3.40. The molecule has 1 aliphatic carbocycles. The Kier molecular flexibility index (Phi) is 3.10. The predicted molar refractivity (Wildman–Crippen MR) is 59.2 cm³/mol. The zero-order valence-electron chi connectivity index (χ0n) is 10.2. The lowest BCUT2D eigenvalue weighted by molar-refractivity contribution is -0.111. The Bertz CT molecular complexity index is 389. The molecule has 0 saturated heterocycles. The molecule has 1 aliphatic rings. The molecule has 0 spiro atoms. The van der Waals surface area contributed by atoms with Gasteiger partial charge in [-0.1, -0.05) is 13.8 Å². The number of rotatable bonds is 4. The Morgan fingerprint density at radius 3 is 2.94 bits per heavy atom. The van der Waals surface area contributed by atoms with E-state index in [1.807, 2.05) is 6.92 Å². The van der Waals surface area contributed by atoms with Crippen LogP contribution in [0.5, 0.6) is 0 Å². The van der Waals surface area contributed by atoms with Crippen LogP contribution in [0.3, 0.4) is 0 Å². The summed E-state index contributed by atoms with van der Waals surface area (Å²) >= 11 is 0. The number of nitrogens with zero attached hydrogens (tertiary/aromatic N) is 3. The average Bonchev–Trinajstić information content (AvgIpc) is 2.81. The van der Waals surface area contributed by atoms with Crippen molar-refractivity contribution in [2.45, 2.75) is 39.3 Å². The van der Waals surface area contributed by atoms with Crippen LogP contribution in [0.25, 0.3) is 0 Å². The Balaban J connectivity index is 1.92. The molecule has 17 heavy (non-hydrogen) atoms. The van der Waals surface area contributed by atoms with Crippen LogP contribution >= 0.6 is 0 Å². The monoisotopic (exact) mass is 239 g/mol. The van der Waals surface area contributed by atoms with Gasteiger partial charge in [0.2, 0.25) is 0 Å². The number of amides is 1. The number of ether oxygens (including phenoxy) is 1. The lowest BCUT2D eigenvalue weighted by Gasteiger charge is -2.51. The molecule has 1 amide bonds. The molecular formula is C10H17N5O2. The normalized spacial score (nSPS) is 26.3. The van der Waals surface area contributed by atoms with Crippen molar-refractivity contribution in [2.24, 2.45) is 5.41 Å². The molecule has 0 radical (unpaired) electrons. The van der Waals surface area contributed by atoms with Gasteiger partial charge in [-0.3, -0.25) is 4.79 Å². The van der Waals surface area contributed by atoms with E-state index >= 15 is 0 Å². The van der Waals surface area contributed by atoms with E-state index in [-0.39, 0.29) is 29.3 Å². The highest BCUT2D eigenvalue weighted by atomic mass is 16.5. The summed E-state index contributed by atoms with van der Waals surface area (Å²) in [6.45, 7) is 6.83. The van der Waals surface area contributed by atoms with Crippen molar-refractivity contribution >= 4 is 5.91 Å². The molecule has 2 N–H and O–H groups in total. The molecule has 7 nitrogen and oxygen atoms in total. The van der Waals surface area contributed by atoms with E-state index in [0.717, 1.165) is 6.42 Å². The molecule has 2 unspecified atom stereocenters. The summed E-state index contributed by atoms with van der Waals surface area (Å²) in [6, 6.07) is 0.0880. The van der Waals surface area contributed by atoms with Crippen LogP contribution in [-0.2, 0) is 4.74 Å². The number of nitrogens with one attached hydrogen (secondary N) is 2. The van der Waals surface area contributed by atoms with Crippen molar-refractivity contribution in [3.8, 4) is 0 Å². The first-order chi connectivity index (χ1) is 8.05. The van der Waals surface area contributed by atoms with Gasteiger partial charge in [-0.25, -0.2) is 0 Å². The van der Waals surface area contributed by atoms with Crippen molar-refractivity contribution in [1.29, 1.82) is 0 Å². The summed E-state index contributed by atoms with van der Waals surface area (Å²) in [6.07, 6.45) is 1.02. The van der Waals surface area contributed by atoms with Gasteiger partial charge in [-0.05, 0) is 18.6 Å². The minimum Gasteiger partial charge on any atom is -0.378 e. The molecule has 0 aromatic carbocycles. The molecule has 94 valence electrons. The number of H-pyrrole nitrogens is 1. The molecule has 1 fully saturated rings. The quantitative estimate of drug-likeness (QED) is 0.779. The lowest BCUT2D eigenvalue weighted by atomic mass is 9.64. The Labute approximate surface area is 99.3 Å². The van der Waals surface area contributed by atoms with Gasteiger partial charge in [0, 0.05) is 18.1 Å². The SMILES string of the molecule is CCOC1CC(NC(=O)c2nn[nH]n2)C1(C)C. The van der Waals surface area contributed by atoms with E-state index in [1.54, 1.807) is 0 Å². The van der Waals surface area contributed by atoms with Crippen LogP contribution in [-0.4, -0.2) is 45.3 Å². The molecule has 1 aromatic heterocycles. The third-order valence-electron chi connectivity index (χ3n) is 3.40. The van der Waals surface area contributed by atoms with Crippen LogP contribution in [0.1, 0.15) is 37.8 Å². The van der Waals surface area contributed by atoms with Crippen LogP contribution < -0.4 is 5.32 Å². The maximum Gasteiger partial charge on any atom is 0.293 e. The fourth-order valence-corrected chi connectivity index (χ4v) is 2.10. The van der Waals surface area contributed by atoms with Crippen molar-refractivity contribution < 1.29 is 9.53 Å². The van der Waals surface area contributed by atoms with E-state index in [9.17, 15) is 4.79 Å². The summed E-state index contributed by atoms with van der Waals surface area (Å²) in [5, 5.41) is 15.8. The largest absolute Gasteiger partial charge is 0.378 e. The average molecular weight is 239 g/mol. The smallest absolute Gasteiger partial charge is 0.293 e. The van der Waals surface area contributed by atoms with Crippen LogP contribution in [0, 0.1) is 5.41 Å². The topological polar surface area (TPSA) is 92.8 Å². The van der Waals surface area contributed by atoms with Gasteiger partial charge >= 0.3 is 0 Å². The minimum absolute atomic E-state index is 0.0601. The van der Waals surface area contributed by atoms with Crippen molar-refractivity contribution in [3.63, 3.8) is 0 Å². The molecule has 2 atom stereocenters. The second-order valence-corrected chi connectivity index (χ2v) is 4.76. The fourth-order valence-electron chi connectivity index (χ4n) is 2.10. The van der Waals surface area contributed by atoms with Crippen LogP contribution in [0.15, 0.2) is 0 Å². The van der Waals surface area contributed by atoms with Crippen molar-refractivity contribution in [3.05, 3.63) is 5.82 Å². The molecule has 0 bridgehead atoms. The summed E-state index contributed by atoms with van der Waals surface area (Å²) < 4.78 is 5.59. The highest BCUT2D eigenvalue weighted by Gasteiger charge is 2.49. The van der Waals surface area contributed by atoms with Gasteiger partial charge in [0.25, 0.3) is 11.7 Å². The zero-order chi connectivity index (χ0) is 12.5. The number of tetrazole rings is 1. The zero-order valence-corrected chi connectivity index (χ0v) is 10.2. The summed E-state index contributed by atoms with van der Waals surface area (Å²) in [5.74, 6) is -0.229. The second kappa shape index (κ2) is 4.40. The Hall–Kier alpha value is -1.50. The molecule has 1 heterocycles. The van der Waals surface area contributed by atoms with Gasteiger partial charge in [0.05, 0.1) is 6.10 Å². The molecule has 1 saturated carbocycles. The summed E-state index contributed by atoms with van der Waals surface area (Å²) in [5.41, 5.74) is -0.0601. The first-order valence-corrected chi connectivity index (χ1v) is 5.71. The first-order valence-electron chi connectivity index (χ1n) is 5.71. The molecule has 2 rings (SSSR count). The Morgan fingerprint density at radius 1 is 1.65 bits per heavy atom. The molecule has 0 aliphatic heterocycles. The van der Waals surface area contributed by atoms with Crippen LogP contribution in [0.2, 0.25) is 0 Å². The van der Waals surface area contributed by atoms with Gasteiger partial charge < -0.3 is 10.1 Å². The van der Waals surface area contributed by atoms with Gasteiger partial charge in [-0.15, -0.1) is 10.2 Å². The number of carbonyl (C=O) groups excluding carboxylic acids is 1. The summed E-state index contributed by atoms with van der Waals surface area (Å²) in [7, 11) is 0. The maximum atomic E-state index is 11.7. The van der Waals surface area contributed by atoms with Crippen LogP contribution in [0.4, 0.5) is 0 Å². The fraction of sp³-hybridized carbons (Fsp3) is 0.800. The van der Waals surface area contributed by atoms with E-state index in [2.05, 4.69) is 39.8 Å². The number of hydrogen-bond donors (Lipinski definition) is 2. The highest BCUT2D eigenvalue weighted by molar-refractivity contribution is 5.90. The number of carbonyl (C=O) groups is 1. The lowest BCUT2D eigenvalue weighted by Crippen LogP contribution is -2.62. The van der Waals surface area contributed by atoms with Gasteiger partial charge in [0.1, 0.15) is 0 Å². The van der Waals surface area contributed by atoms with Gasteiger partial charge in [0.15, 0.2) is 0 Å². The number of aromatic nitrogens is 4. The first kappa shape index (κ1) is 12.0. The molecule has 1 aromatic rings. The number of hydrogen-bond acceptors (Lipinski definition) is 5. The standard InChI is InChI=1S/C10H17N5O2/c1-4-17-7-5-6(10(7,2)3)11-9(16)8-12-14-15-13-8/h6-7H,4-5H2,1-3H3,(H,11,16)(H,12,13,14,15). The van der Waals surface area contributed by atoms with E-state index in [0.29, 0.717) is 6.61 Å².